The molecule has 0 saturated heterocycles. The molecular weight excluding hydrogens is 613 g/mol. The molecule has 0 atom stereocenters. The van der Waals surface area contributed by atoms with Crippen molar-refractivity contribution < 1.29 is 22.6 Å². The molecule has 2 heterocycles. The van der Waals surface area contributed by atoms with Gasteiger partial charge >= 0.3 is 0 Å². The van der Waals surface area contributed by atoms with E-state index < -0.39 is 31.3 Å². The van der Waals surface area contributed by atoms with Crippen molar-refractivity contribution in [2.75, 3.05) is 12.3 Å². The number of halogens is 4. The summed E-state index contributed by atoms with van der Waals surface area (Å²) in [7, 11) is -1.25. The summed E-state index contributed by atoms with van der Waals surface area (Å²) in [5.41, 5.74) is 8.12. The zero-order valence-electron chi connectivity index (χ0n) is 22.9. The molecule has 5 rings (SSSR count). The second-order valence-corrected chi connectivity index (χ2v) is 17.6. The van der Waals surface area contributed by atoms with Gasteiger partial charge in [0.15, 0.2) is 17.4 Å². The number of ether oxygens (including phenoxy) is 2. The molecule has 0 spiro atoms. The molecule has 0 amide bonds. The van der Waals surface area contributed by atoms with Crippen LogP contribution >= 0.6 is 15.9 Å². The summed E-state index contributed by atoms with van der Waals surface area (Å²) in [6.45, 7) is 7.53. The topological polar surface area (TPSA) is 67.2 Å². The number of hydrogen-bond acceptors (Lipinski definition) is 4. The van der Waals surface area contributed by atoms with Crippen molar-refractivity contribution in [3.05, 3.63) is 100 Å². The van der Waals surface area contributed by atoms with E-state index in [9.17, 15) is 4.39 Å². The van der Waals surface area contributed by atoms with E-state index in [4.69, 9.17) is 15.2 Å². The van der Waals surface area contributed by atoms with E-state index in [1.165, 1.54) is 22.9 Å². The lowest BCUT2D eigenvalue weighted by Gasteiger charge is -2.16. The largest absolute Gasteiger partial charge is 0.451 e. The van der Waals surface area contributed by atoms with Crippen LogP contribution in [-0.2, 0) is 17.9 Å². The van der Waals surface area contributed by atoms with Gasteiger partial charge in [0.2, 0.25) is 0 Å². The summed E-state index contributed by atoms with van der Waals surface area (Å²) in [5, 5.41) is 4.64. The molecule has 0 aliphatic carbocycles. The first-order valence-corrected chi connectivity index (χ1v) is 17.6. The highest BCUT2D eigenvalue weighted by Crippen LogP contribution is 2.35. The molecule has 0 fully saturated rings. The molecule has 214 valence electrons. The van der Waals surface area contributed by atoms with Crippen LogP contribution in [0.25, 0.3) is 16.6 Å². The van der Waals surface area contributed by atoms with Crippen LogP contribution in [-0.4, -0.2) is 29.0 Å². The predicted octanol–water partition coefficient (Wildman–Crippen LogP) is 8.28. The third-order valence-electron chi connectivity index (χ3n) is 6.58. The maximum atomic E-state index is 15.5. The third-order valence-corrected chi connectivity index (χ3v) is 8.77. The van der Waals surface area contributed by atoms with E-state index in [2.05, 4.69) is 40.7 Å². The number of fused-ring (bicyclic) bond motifs is 1. The summed E-state index contributed by atoms with van der Waals surface area (Å²) in [6.07, 6.45) is 2.13. The van der Waals surface area contributed by atoms with Gasteiger partial charge in [0.05, 0.1) is 11.2 Å². The van der Waals surface area contributed by atoms with Crippen LogP contribution in [0.3, 0.4) is 0 Å². The van der Waals surface area contributed by atoms with Crippen molar-refractivity contribution in [1.82, 2.24) is 14.3 Å². The van der Waals surface area contributed by atoms with Crippen LogP contribution in [0.15, 0.2) is 71.3 Å². The molecule has 41 heavy (non-hydrogen) atoms. The van der Waals surface area contributed by atoms with E-state index in [1.54, 1.807) is 22.9 Å². The lowest BCUT2D eigenvalue weighted by molar-refractivity contribution is 0.0902. The lowest BCUT2D eigenvalue weighted by Crippen LogP contribution is -2.21. The minimum atomic E-state index is -1.25. The van der Waals surface area contributed by atoms with Gasteiger partial charge in [-0.2, -0.15) is 5.10 Å². The first kappa shape index (κ1) is 29.0. The van der Waals surface area contributed by atoms with Gasteiger partial charge in [-0.15, -0.1) is 0 Å². The van der Waals surface area contributed by atoms with Gasteiger partial charge in [0.25, 0.3) is 0 Å². The third kappa shape index (κ3) is 6.69. The number of rotatable bonds is 10. The molecule has 0 aliphatic heterocycles. The molecule has 0 unspecified atom stereocenters. The SMILES string of the molecule is C[Si](C)(C)CCOCn1ccc2c(F)c(Oc3ccc(F)c(-n4nc(Cc5cccc(Br)c5)cc4N)c3)c(F)cc21. The van der Waals surface area contributed by atoms with Gasteiger partial charge in [-0.05, 0) is 41.9 Å². The number of anilines is 1. The fourth-order valence-corrected chi connectivity index (χ4v) is 5.61. The van der Waals surface area contributed by atoms with E-state index in [-0.39, 0.29) is 29.4 Å². The quantitative estimate of drug-likeness (QED) is 0.123. The Hall–Kier alpha value is -3.54. The first-order chi connectivity index (χ1) is 19.5. The molecule has 0 radical (unpaired) electrons. The zero-order valence-corrected chi connectivity index (χ0v) is 25.5. The van der Waals surface area contributed by atoms with Gasteiger partial charge in [0, 0.05) is 55.4 Å². The standard InChI is InChI=1S/C30H30BrF3N4O2Si/c1-41(2,3)12-11-39-18-37-10-9-23-26(37)17-25(33)30(29(23)34)40-22-7-8-24(32)27(16-22)38-28(35)15-21(36-38)14-19-5-4-6-20(31)13-19/h4-10,13,15-17H,11-12,14,18,35H2,1-3H3. The number of hydrogen-bond donors (Lipinski definition) is 1. The second kappa shape index (κ2) is 11.7. The van der Waals surface area contributed by atoms with Crippen molar-refractivity contribution in [2.45, 2.75) is 38.8 Å². The van der Waals surface area contributed by atoms with Crippen molar-refractivity contribution in [1.29, 1.82) is 0 Å². The van der Waals surface area contributed by atoms with Crippen molar-refractivity contribution in [3.63, 3.8) is 0 Å². The molecule has 0 saturated carbocycles. The van der Waals surface area contributed by atoms with E-state index in [1.807, 2.05) is 24.3 Å². The average Bonchev–Trinajstić information content (AvgIpc) is 3.47. The van der Waals surface area contributed by atoms with Crippen LogP contribution in [0.4, 0.5) is 19.0 Å². The minimum Gasteiger partial charge on any atom is -0.451 e. The van der Waals surface area contributed by atoms with E-state index in [0.29, 0.717) is 24.2 Å². The van der Waals surface area contributed by atoms with Crippen molar-refractivity contribution in [3.8, 4) is 17.2 Å². The molecule has 2 N–H and O–H groups in total. The normalized spacial score (nSPS) is 11.9. The first-order valence-electron chi connectivity index (χ1n) is 13.1. The van der Waals surface area contributed by atoms with Crippen molar-refractivity contribution >= 4 is 40.7 Å². The van der Waals surface area contributed by atoms with E-state index >= 15 is 8.78 Å². The fraction of sp³-hybridized carbons (Fsp3) is 0.233. The van der Waals surface area contributed by atoms with Gasteiger partial charge in [-0.25, -0.2) is 17.9 Å². The van der Waals surface area contributed by atoms with Crippen LogP contribution < -0.4 is 10.5 Å². The highest BCUT2D eigenvalue weighted by molar-refractivity contribution is 9.10. The summed E-state index contributed by atoms with van der Waals surface area (Å²) in [4.78, 5) is 0. The Bertz CT molecular complexity index is 1710. The Kier molecular flexibility index (Phi) is 8.30. The van der Waals surface area contributed by atoms with Crippen LogP contribution in [0, 0.1) is 17.5 Å². The summed E-state index contributed by atoms with van der Waals surface area (Å²) in [6, 6.07) is 16.9. The van der Waals surface area contributed by atoms with E-state index in [0.717, 1.165) is 22.1 Å². The average molecular weight is 644 g/mol. The number of nitrogen functional groups attached to an aromatic ring is 1. The number of benzene rings is 3. The smallest absolute Gasteiger partial charge is 0.199 e. The fourth-order valence-electron chi connectivity index (χ4n) is 4.41. The Morgan fingerprint density at radius 3 is 2.54 bits per heavy atom. The maximum Gasteiger partial charge on any atom is 0.199 e. The maximum absolute atomic E-state index is 15.5. The van der Waals surface area contributed by atoms with Crippen LogP contribution in [0.2, 0.25) is 25.7 Å². The monoisotopic (exact) mass is 642 g/mol. The molecule has 5 aromatic rings. The molecule has 11 heteroatoms. The Morgan fingerprint density at radius 1 is 0.976 bits per heavy atom. The van der Waals surface area contributed by atoms with Gasteiger partial charge < -0.3 is 19.8 Å². The van der Waals surface area contributed by atoms with Gasteiger partial charge in [-0.3, -0.25) is 0 Å². The Balaban J connectivity index is 1.38. The molecule has 0 aliphatic rings. The highest BCUT2D eigenvalue weighted by atomic mass is 79.9. The summed E-state index contributed by atoms with van der Waals surface area (Å²) < 4.78 is 60.7. The predicted molar refractivity (Wildman–Crippen MR) is 161 cm³/mol. The molecule has 3 aromatic carbocycles. The van der Waals surface area contributed by atoms with Crippen LogP contribution in [0.1, 0.15) is 11.3 Å². The molecule has 6 nitrogen and oxygen atoms in total. The minimum absolute atomic E-state index is 0.0102. The highest BCUT2D eigenvalue weighted by Gasteiger charge is 2.20. The lowest BCUT2D eigenvalue weighted by atomic mass is 10.1. The number of aromatic nitrogens is 3. The zero-order chi connectivity index (χ0) is 29.3. The molecule has 2 aromatic heterocycles. The number of nitrogens with zero attached hydrogens (tertiary/aromatic N) is 3. The molecule has 0 bridgehead atoms. The second-order valence-electron chi connectivity index (χ2n) is 11.1. The van der Waals surface area contributed by atoms with Crippen molar-refractivity contribution in [2.24, 2.45) is 0 Å². The molecular formula is C30H30BrF3N4O2Si. The number of nitrogens with two attached hydrogens (primary N) is 1. The summed E-state index contributed by atoms with van der Waals surface area (Å²) >= 11 is 3.45. The van der Waals surface area contributed by atoms with Crippen LogP contribution in [0.5, 0.6) is 11.5 Å². The Labute approximate surface area is 245 Å². The van der Waals surface area contributed by atoms with Gasteiger partial charge in [-0.1, -0.05) is 47.7 Å². The Morgan fingerprint density at radius 2 is 1.78 bits per heavy atom. The summed E-state index contributed by atoms with van der Waals surface area (Å²) in [5.74, 6) is -2.73. The van der Waals surface area contributed by atoms with Gasteiger partial charge in [0.1, 0.15) is 29.8 Å².